The van der Waals surface area contributed by atoms with Crippen LogP contribution in [0.1, 0.15) is 31.1 Å². The normalized spacial score (nSPS) is 10.0. The monoisotopic (exact) mass is 220 g/mol. The van der Waals surface area contributed by atoms with Gasteiger partial charge in [-0.3, -0.25) is 4.79 Å². The van der Waals surface area contributed by atoms with Gasteiger partial charge >= 0.3 is 6.03 Å². The van der Waals surface area contributed by atoms with E-state index in [0.29, 0.717) is 11.3 Å². The summed E-state index contributed by atoms with van der Waals surface area (Å²) >= 11 is 0. The van der Waals surface area contributed by atoms with Gasteiger partial charge < -0.3 is 10.6 Å². The lowest BCUT2D eigenvalue weighted by Crippen LogP contribution is -2.34. The number of hydrogen-bond donors (Lipinski definition) is 2. The summed E-state index contributed by atoms with van der Waals surface area (Å²) in [6.07, 6.45) is 0. The molecule has 0 radical (unpaired) electrons. The van der Waals surface area contributed by atoms with Crippen molar-refractivity contribution in [1.29, 1.82) is 0 Å². The van der Waals surface area contributed by atoms with Crippen LogP contribution in [0.15, 0.2) is 24.3 Å². The van der Waals surface area contributed by atoms with E-state index in [0.717, 1.165) is 0 Å². The van der Waals surface area contributed by atoms with Crippen molar-refractivity contribution in [1.82, 2.24) is 5.32 Å². The number of benzene rings is 1. The number of carbonyl (C=O) groups excluding carboxylic acids is 2. The quantitative estimate of drug-likeness (QED) is 0.768. The van der Waals surface area contributed by atoms with Crippen LogP contribution >= 0.6 is 0 Å². The van der Waals surface area contributed by atoms with Crippen molar-refractivity contribution in [2.24, 2.45) is 0 Å². The molecule has 0 bridgehead atoms. The Hall–Kier alpha value is -1.84. The second-order valence-corrected chi connectivity index (χ2v) is 3.89. The molecule has 0 aromatic heterocycles. The van der Waals surface area contributed by atoms with Gasteiger partial charge in [0.1, 0.15) is 0 Å². The number of carbonyl (C=O) groups is 2. The predicted octanol–water partition coefficient (Wildman–Crippen LogP) is 2.42. The van der Waals surface area contributed by atoms with Crippen molar-refractivity contribution in [3.05, 3.63) is 29.8 Å². The average Bonchev–Trinajstić information content (AvgIpc) is 2.16. The van der Waals surface area contributed by atoms with Crippen LogP contribution in [0, 0.1) is 0 Å². The average molecular weight is 220 g/mol. The smallest absolute Gasteiger partial charge is 0.319 e. The molecule has 4 nitrogen and oxygen atoms in total. The Kier molecular flexibility index (Phi) is 4.05. The van der Waals surface area contributed by atoms with Gasteiger partial charge in [0.25, 0.3) is 0 Å². The zero-order valence-corrected chi connectivity index (χ0v) is 9.70. The first kappa shape index (κ1) is 12.2. The Bertz CT molecular complexity index is 383. The standard InChI is InChI=1S/C12H16N2O2/c1-8(2)13-12(16)14-11-6-4-10(5-7-11)9(3)15/h4-8H,1-3H3,(H2,13,14,16). The van der Waals surface area contributed by atoms with Gasteiger partial charge in [-0.25, -0.2) is 4.79 Å². The van der Waals surface area contributed by atoms with Crippen LogP contribution in [-0.4, -0.2) is 17.9 Å². The maximum Gasteiger partial charge on any atom is 0.319 e. The number of nitrogens with one attached hydrogen (secondary N) is 2. The van der Waals surface area contributed by atoms with Gasteiger partial charge in [-0.1, -0.05) is 0 Å². The van der Waals surface area contributed by atoms with Crippen molar-refractivity contribution in [3.63, 3.8) is 0 Å². The second-order valence-electron chi connectivity index (χ2n) is 3.89. The van der Waals surface area contributed by atoms with E-state index in [1.807, 2.05) is 13.8 Å². The van der Waals surface area contributed by atoms with Gasteiger partial charge in [-0.15, -0.1) is 0 Å². The first-order chi connectivity index (χ1) is 7.49. The van der Waals surface area contributed by atoms with Crippen molar-refractivity contribution in [3.8, 4) is 0 Å². The number of Topliss-reactive ketones (excluding diaryl/α,β-unsaturated/α-hetero) is 1. The number of ketones is 1. The summed E-state index contributed by atoms with van der Waals surface area (Å²) in [4.78, 5) is 22.4. The summed E-state index contributed by atoms with van der Waals surface area (Å²) in [7, 11) is 0. The lowest BCUT2D eigenvalue weighted by molar-refractivity contribution is 0.101. The largest absolute Gasteiger partial charge is 0.336 e. The minimum absolute atomic E-state index is 0.0122. The molecule has 1 aromatic rings. The Morgan fingerprint density at radius 3 is 2.12 bits per heavy atom. The number of amides is 2. The van der Waals surface area contributed by atoms with E-state index in [9.17, 15) is 9.59 Å². The summed E-state index contributed by atoms with van der Waals surface area (Å²) in [5.41, 5.74) is 1.30. The van der Waals surface area contributed by atoms with Crippen LogP contribution in [0.25, 0.3) is 0 Å². The van der Waals surface area contributed by atoms with Crippen LogP contribution in [0.4, 0.5) is 10.5 Å². The molecule has 0 aliphatic heterocycles. The third-order valence-electron chi connectivity index (χ3n) is 1.97. The Morgan fingerprint density at radius 1 is 1.12 bits per heavy atom. The number of anilines is 1. The molecule has 0 fully saturated rings. The van der Waals surface area contributed by atoms with Crippen LogP contribution in [0.3, 0.4) is 0 Å². The van der Waals surface area contributed by atoms with Gasteiger partial charge in [-0.05, 0) is 45.0 Å². The highest BCUT2D eigenvalue weighted by Crippen LogP contribution is 2.09. The molecule has 86 valence electrons. The molecule has 0 heterocycles. The summed E-state index contributed by atoms with van der Waals surface area (Å²) in [6, 6.07) is 6.63. The molecular formula is C12H16N2O2. The second kappa shape index (κ2) is 5.30. The fourth-order valence-electron chi connectivity index (χ4n) is 1.22. The first-order valence-corrected chi connectivity index (χ1v) is 5.17. The van der Waals surface area contributed by atoms with Crippen LogP contribution < -0.4 is 10.6 Å². The molecule has 0 aliphatic carbocycles. The topological polar surface area (TPSA) is 58.2 Å². The van der Waals surface area contributed by atoms with Gasteiger partial charge in [-0.2, -0.15) is 0 Å². The van der Waals surface area contributed by atoms with E-state index in [2.05, 4.69) is 10.6 Å². The zero-order valence-electron chi connectivity index (χ0n) is 9.70. The highest BCUT2D eigenvalue weighted by atomic mass is 16.2. The number of hydrogen-bond acceptors (Lipinski definition) is 2. The molecule has 1 rings (SSSR count). The van der Waals surface area contributed by atoms with Gasteiger partial charge in [0.2, 0.25) is 0 Å². The predicted molar refractivity (Wildman–Crippen MR) is 63.7 cm³/mol. The van der Waals surface area contributed by atoms with Crippen molar-refractivity contribution >= 4 is 17.5 Å². The van der Waals surface area contributed by atoms with Crippen molar-refractivity contribution in [2.45, 2.75) is 26.8 Å². The maximum absolute atomic E-state index is 11.4. The summed E-state index contributed by atoms with van der Waals surface area (Å²) in [6.45, 7) is 5.28. The third-order valence-corrected chi connectivity index (χ3v) is 1.97. The minimum Gasteiger partial charge on any atom is -0.336 e. The molecule has 0 saturated heterocycles. The van der Waals surface area contributed by atoms with Gasteiger partial charge in [0.15, 0.2) is 5.78 Å². The molecular weight excluding hydrogens is 204 g/mol. The fraction of sp³-hybridized carbons (Fsp3) is 0.333. The molecule has 0 aliphatic rings. The van der Waals surface area contributed by atoms with E-state index >= 15 is 0 Å². The van der Waals surface area contributed by atoms with Crippen molar-refractivity contribution in [2.75, 3.05) is 5.32 Å². The first-order valence-electron chi connectivity index (χ1n) is 5.17. The molecule has 2 N–H and O–H groups in total. The van der Waals surface area contributed by atoms with E-state index in [1.54, 1.807) is 24.3 Å². The molecule has 4 heteroatoms. The highest BCUT2D eigenvalue weighted by molar-refractivity contribution is 5.95. The highest BCUT2D eigenvalue weighted by Gasteiger charge is 2.03. The molecule has 0 saturated carbocycles. The third kappa shape index (κ3) is 3.73. The van der Waals surface area contributed by atoms with Gasteiger partial charge in [0, 0.05) is 17.3 Å². The SMILES string of the molecule is CC(=O)c1ccc(NC(=O)NC(C)C)cc1. The van der Waals surface area contributed by atoms with Crippen molar-refractivity contribution < 1.29 is 9.59 Å². The summed E-state index contributed by atoms with van der Waals surface area (Å²) in [5.74, 6) is 0.0122. The molecule has 16 heavy (non-hydrogen) atoms. The molecule has 2 amide bonds. The Balaban J connectivity index is 2.62. The van der Waals surface area contributed by atoms with Crippen LogP contribution in [0.5, 0.6) is 0 Å². The maximum atomic E-state index is 11.4. The Labute approximate surface area is 95.0 Å². The molecule has 0 atom stereocenters. The number of urea groups is 1. The zero-order chi connectivity index (χ0) is 12.1. The van der Waals surface area contributed by atoms with E-state index < -0.39 is 0 Å². The fourth-order valence-corrected chi connectivity index (χ4v) is 1.22. The minimum atomic E-state index is -0.245. The Morgan fingerprint density at radius 2 is 1.69 bits per heavy atom. The lowest BCUT2D eigenvalue weighted by Gasteiger charge is -2.10. The lowest BCUT2D eigenvalue weighted by atomic mass is 10.1. The number of rotatable bonds is 3. The van der Waals surface area contributed by atoms with E-state index in [4.69, 9.17) is 0 Å². The summed E-state index contributed by atoms with van der Waals surface area (Å²) < 4.78 is 0. The van der Waals surface area contributed by atoms with Crippen LogP contribution in [-0.2, 0) is 0 Å². The van der Waals surface area contributed by atoms with E-state index in [1.165, 1.54) is 6.92 Å². The van der Waals surface area contributed by atoms with E-state index in [-0.39, 0.29) is 17.9 Å². The molecule has 0 spiro atoms. The molecule has 1 aromatic carbocycles. The summed E-state index contributed by atoms with van der Waals surface area (Å²) in [5, 5.41) is 5.39. The van der Waals surface area contributed by atoms with Gasteiger partial charge in [0.05, 0.1) is 0 Å². The molecule has 0 unspecified atom stereocenters. The van der Waals surface area contributed by atoms with Crippen LogP contribution in [0.2, 0.25) is 0 Å².